The molecule has 2 aromatic rings. The van der Waals surface area contributed by atoms with Gasteiger partial charge in [0.25, 0.3) is 6.01 Å². The first-order valence-electron chi connectivity index (χ1n) is 9.18. The monoisotopic (exact) mass is 360 g/mol. The van der Waals surface area contributed by atoms with E-state index in [1.165, 1.54) is 0 Å². The van der Waals surface area contributed by atoms with Crippen LogP contribution in [0.15, 0.2) is 22.6 Å². The Labute approximate surface area is 151 Å². The van der Waals surface area contributed by atoms with E-state index in [0.717, 1.165) is 44.3 Å². The third-order valence-corrected chi connectivity index (χ3v) is 4.96. The molecule has 2 heterocycles. The van der Waals surface area contributed by atoms with Gasteiger partial charge in [0.1, 0.15) is 5.52 Å². The number of ether oxygens (including phenoxy) is 1. The minimum absolute atomic E-state index is 0.189. The van der Waals surface area contributed by atoms with Crippen LogP contribution in [0, 0.1) is 0 Å². The number of oxazole rings is 1. The number of hydrogen-bond donors (Lipinski definition) is 3. The summed E-state index contributed by atoms with van der Waals surface area (Å²) < 4.78 is 11.2. The molecule has 8 nitrogen and oxygen atoms in total. The van der Waals surface area contributed by atoms with Crippen molar-refractivity contribution in [2.24, 2.45) is 0 Å². The SMILES string of the molecule is O=C(Nc1ccc2nc(N3CCOCC3)oc2c1)N[C@H]1CCCC[C@@H]1O. The van der Waals surface area contributed by atoms with Gasteiger partial charge < -0.3 is 29.8 Å². The molecule has 1 aromatic heterocycles. The van der Waals surface area contributed by atoms with Gasteiger partial charge in [0.05, 0.1) is 25.4 Å². The Morgan fingerprint density at radius 2 is 2.04 bits per heavy atom. The van der Waals surface area contributed by atoms with Gasteiger partial charge in [0, 0.05) is 24.8 Å². The number of benzene rings is 1. The van der Waals surface area contributed by atoms with Crippen LogP contribution in [0.5, 0.6) is 0 Å². The lowest BCUT2D eigenvalue weighted by molar-refractivity contribution is 0.0955. The standard InChI is InChI=1S/C18H24N4O4/c23-15-4-2-1-3-13(15)20-17(24)19-12-5-6-14-16(11-12)26-18(21-14)22-7-9-25-10-8-22/h5-6,11,13,15,23H,1-4,7-10H2,(H2,19,20,24)/t13-,15-/m0/s1. The van der Waals surface area contributed by atoms with Crippen molar-refractivity contribution in [3.8, 4) is 0 Å². The highest BCUT2D eigenvalue weighted by Crippen LogP contribution is 2.25. The number of nitrogens with zero attached hydrogens (tertiary/aromatic N) is 2. The predicted octanol–water partition coefficient (Wildman–Crippen LogP) is 2.09. The van der Waals surface area contributed by atoms with Crippen LogP contribution in [0.2, 0.25) is 0 Å². The minimum Gasteiger partial charge on any atom is -0.423 e. The first kappa shape index (κ1) is 17.1. The van der Waals surface area contributed by atoms with Gasteiger partial charge >= 0.3 is 6.03 Å². The summed E-state index contributed by atoms with van der Waals surface area (Å²) in [6, 6.07) is 5.46. The van der Waals surface area contributed by atoms with E-state index in [1.807, 2.05) is 11.0 Å². The first-order chi connectivity index (χ1) is 12.7. The smallest absolute Gasteiger partial charge is 0.319 e. The number of carbonyl (C=O) groups is 1. The molecule has 2 amide bonds. The molecule has 1 aromatic carbocycles. The minimum atomic E-state index is -0.470. The molecule has 2 fully saturated rings. The van der Waals surface area contributed by atoms with E-state index in [1.54, 1.807) is 12.1 Å². The maximum absolute atomic E-state index is 12.2. The summed E-state index contributed by atoms with van der Waals surface area (Å²) in [5.74, 6) is 0. The van der Waals surface area contributed by atoms with Gasteiger partial charge in [0.2, 0.25) is 0 Å². The Morgan fingerprint density at radius 3 is 2.85 bits per heavy atom. The number of anilines is 2. The molecule has 1 saturated heterocycles. The van der Waals surface area contributed by atoms with Crippen molar-refractivity contribution in [3.63, 3.8) is 0 Å². The van der Waals surface area contributed by atoms with Crippen LogP contribution >= 0.6 is 0 Å². The quantitative estimate of drug-likeness (QED) is 0.775. The third-order valence-electron chi connectivity index (χ3n) is 4.96. The van der Waals surface area contributed by atoms with E-state index in [-0.39, 0.29) is 12.1 Å². The largest absolute Gasteiger partial charge is 0.423 e. The fraction of sp³-hybridized carbons (Fsp3) is 0.556. The van der Waals surface area contributed by atoms with Gasteiger partial charge in [0.15, 0.2) is 5.58 Å². The number of rotatable bonds is 3. The number of aromatic nitrogens is 1. The molecule has 4 rings (SSSR count). The maximum Gasteiger partial charge on any atom is 0.319 e. The van der Waals surface area contributed by atoms with Crippen molar-refractivity contribution in [1.29, 1.82) is 0 Å². The van der Waals surface area contributed by atoms with Gasteiger partial charge in [-0.15, -0.1) is 0 Å². The molecule has 0 radical (unpaired) electrons. The van der Waals surface area contributed by atoms with E-state index in [2.05, 4.69) is 15.6 Å². The second kappa shape index (κ2) is 7.51. The Kier molecular flexibility index (Phi) is 4.94. The van der Waals surface area contributed by atoms with Crippen LogP contribution < -0.4 is 15.5 Å². The summed E-state index contributed by atoms with van der Waals surface area (Å²) in [5, 5.41) is 15.6. The lowest BCUT2D eigenvalue weighted by Crippen LogP contribution is -2.46. The Bertz CT molecular complexity index is 772. The molecule has 1 saturated carbocycles. The molecular formula is C18H24N4O4. The highest BCUT2D eigenvalue weighted by Gasteiger charge is 2.24. The lowest BCUT2D eigenvalue weighted by Gasteiger charge is -2.28. The third kappa shape index (κ3) is 3.76. The number of nitrogens with one attached hydrogen (secondary N) is 2. The number of amides is 2. The molecule has 1 aliphatic heterocycles. The summed E-state index contributed by atoms with van der Waals surface area (Å²) >= 11 is 0. The fourth-order valence-electron chi connectivity index (χ4n) is 3.50. The number of fused-ring (bicyclic) bond motifs is 1. The molecule has 3 N–H and O–H groups in total. The van der Waals surface area contributed by atoms with Crippen LogP contribution in [0.25, 0.3) is 11.1 Å². The summed E-state index contributed by atoms with van der Waals surface area (Å²) in [4.78, 5) is 18.8. The predicted molar refractivity (Wildman–Crippen MR) is 97.5 cm³/mol. The number of urea groups is 1. The zero-order valence-corrected chi connectivity index (χ0v) is 14.6. The van der Waals surface area contributed by atoms with Gasteiger partial charge in [-0.25, -0.2) is 4.79 Å². The summed E-state index contributed by atoms with van der Waals surface area (Å²) in [5.41, 5.74) is 2.01. The van der Waals surface area contributed by atoms with E-state index >= 15 is 0 Å². The zero-order chi connectivity index (χ0) is 17.9. The van der Waals surface area contributed by atoms with Gasteiger partial charge in [-0.2, -0.15) is 4.98 Å². The maximum atomic E-state index is 12.2. The average molecular weight is 360 g/mol. The first-order valence-corrected chi connectivity index (χ1v) is 9.18. The van der Waals surface area contributed by atoms with Crippen molar-refractivity contribution in [2.45, 2.75) is 37.8 Å². The molecule has 26 heavy (non-hydrogen) atoms. The van der Waals surface area contributed by atoms with Crippen LogP contribution in [0.1, 0.15) is 25.7 Å². The van der Waals surface area contributed by atoms with Crippen molar-refractivity contribution in [1.82, 2.24) is 10.3 Å². The second-order valence-electron chi connectivity index (χ2n) is 6.84. The molecule has 2 atom stereocenters. The van der Waals surface area contributed by atoms with E-state index < -0.39 is 6.10 Å². The van der Waals surface area contributed by atoms with E-state index in [4.69, 9.17) is 9.15 Å². The Balaban J connectivity index is 1.42. The number of carbonyl (C=O) groups excluding carboxylic acids is 1. The molecule has 0 unspecified atom stereocenters. The average Bonchev–Trinajstić information content (AvgIpc) is 3.08. The zero-order valence-electron chi connectivity index (χ0n) is 14.6. The Morgan fingerprint density at radius 1 is 1.23 bits per heavy atom. The van der Waals surface area contributed by atoms with E-state index in [0.29, 0.717) is 30.5 Å². The van der Waals surface area contributed by atoms with Crippen molar-refractivity contribution >= 4 is 28.8 Å². The molecule has 1 aliphatic carbocycles. The fourth-order valence-corrected chi connectivity index (χ4v) is 3.50. The van der Waals surface area contributed by atoms with Crippen LogP contribution in [-0.2, 0) is 4.74 Å². The summed E-state index contributed by atoms with van der Waals surface area (Å²) in [6.07, 6.45) is 3.10. The molecular weight excluding hydrogens is 336 g/mol. The molecule has 140 valence electrons. The lowest BCUT2D eigenvalue weighted by atomic mass is 9.93. The topological polar surface area (TPSA) is 99.9 Å². The molecule has 8 heteroatoms. The number of aliphatic hydroxyl groups excluding tert-OH is 1. The van der Waals surface area contributed by atoms with Gasteiger partial charge in [-0.05, 0) is 25.0 Å². The second-order valence-corrected chi connectivity index (χ2v) is 6.84. The summed E-state index contributed by atoms with van der Waals surface area (Å²) in [7, 11) is 0. The normalized spacial score (nSPS) is 23.8. The van der Waals surface area contributed by atoms with Crippen molar-refractivity contribution in [3.05, 3.63) is 18.2 Å². The highest BCUT2D eigenvalue weighted by molar-refractivity contribution is 5.92. The van der Waals surface area contributed by atoms with Crippen LogP contribution in [0.3, 0.4) is 0 Å². The van der Waals surface area contributed by atoms with E-state index in [9.17, 15) is 9.90 Å². The molecule has 0 bridgehead atoms. The Hall–Kier alpha value is -2.32. The summed E-state index contributed by atoms with van der Waals surface area (Å²) in [6.45, 7) is 2.84. The highest BCUT2D eigenvalue weighted by atomic mass is 16.5. The van der Waals surface area contributed by atoms with Crippen molar-refractivity contribution < 1.29 is 19.1 Å². The van der Waals surface area contributed by atoms with Crippen molar-refractivity contribution in [2.75, 3.05) is 36.5 Å². The van der Waals surface area contributed by atoms with Crippen LogP contribution in [0.4, 0.5) is 16.5 Å². The number of aliphatic hydroxyl groups is 1. The number of morpholine rings is 1. The molecule has 0 spiro atoms. The van der Waals surface area contributed by atoms with Gasteiger partial charge in [-0.1, -0.05) is 12.8 Å². The van der Waals surface area contributed by atoms with Crippen LogP contribution in [-0.4, -0.2) is 54.6 Å². The van der Waals surface area contributed by atoms with Gasteiger partial charge in [-0.3, -0.25) is 0 Å². The molecule has 2 aliphatic rings. The number of hydrogen-bond acceptors (Lipinski definition) is 6.